The molecular formula is C19H17N5O5. The molecule has 0 fully saturated rings. The Hall–Kier alpha value is -4.21. The Kier molecular flexibility index (Phi) is 5.83. The number of carbonyl (C=O) groups is 2. The number of nitro benzene ring substituents is 1. The fourth-order valence-corrected chi connectivity index (χ4v) is 2.50. The number of anilines is 2. The summed E-state index contributed by atoms with van der Waals surface area (Å²) >= 11 is 0. The van der Waals surface area contributed by atoms with Crippen molar-refractivity contribution in [1.29, 1.82) is 0 Å². The predicted octanol–water partition coefficient (Wildman–Crippen LogP) is 2.69. The Bertz CT molecular complexity index is 1050. The molecule has 2 amide bonds. The molecule has 0 bridgehead atoms. The second kappa shape index (κ2) is 8.65. The number of nitrogens with one attached hydrogen (secondary N) is 2. The summed E-state index contributed by atoms with van der Waals surface area (Å²) in [6, 6.07) is 12.3. The average molecular weight is 395 g/mol. The number of ether oxygens (including phenoxy) is 1. The maximum atomic E-state index is 12.3. The standard InChI is InChI=1S/C19H17N5O5/c1-29-17-7-5-14(6-8-17)21-18(25)12-23-11-15(10-20-23)22-19(26)13-3-2-4-16(9-13)24(27)28/h2-11H,12H2,1H3,(H,21,25)(H,22,26). The maximum absolute atomic E-state index is 12.3. The van der Waals surface area contributed by atoms with E-state index in [1.165, 1.54) is 41.3 Å². The zero-order valence-electron chi connectivity index (χ0n) is 15.4. The van der Waals surface area contributed by atoms with Crippen molar-refractivity contribution in [3.8, 4) is 5.75 Å². The lowest BCUT2D eigenvalue weighted by Gasteiger charge is -2.06. The van der Waals surface area contributed by atoms with Crippen LogP contribution >= 0.6 is 0 Å². The lowest BCUT2D eigenvalue weighted by Crippen LogP contribution is -2.19. The van der Waals surface area contributed by atoms with Crippen molar-refractivity contribution >= 4 is 28.9 Å². The van der Waals surface area contributed by atoms with Crippen LogP contribution in [-0.4, -0.2) is 33.6 Å². The van der Waals surface area contributed by atoms with Gasteiger partial charge in [0.25, 0.3) is 11.6 Å². The van der Waals surface area contributed by atoms with Crippen LogP contribution in [0.15, 0.2) is 60.9 Å². The third-order valence-electron chi connectivity index (χ3n) is 3.89. The number of amides is 2. The van der Waals surface area contributed by atoms with Crippen molar-refractivity contribution in [1.82, 2.24) is 9.78 Å². The highest BCUT2D eigenvalue weighted by Gasteiger charge is 2.13. The second-order valence-corrected chi connectivity index (χ2v) is 5.96. The number of rotatable bonds is 7. The Labute approximate surface area is 165 Å². The van der Waals surface area contributed by atoms with Crippen LogP contribution in [0.3, 0.4) is 0 Å². The van der Waals surface area contributed by atoms with E-state index in [-0.39, 0.29) is 23.7 Å². The Balaban J connectivity index is 1.58. The van der Waals surface area contributed by atoms with Gasteiger partial charge in [-0.15, -0.1) is 0 Å². The van der Waals surface area contributed by atoms with Crippen molar-refractivity contribution in [2.24, 2.45) is 0 Å². The predicted molar refractivity (Wildman–Crippen MR) is 105 cm³/mol. The summed E-state index contributed by atoms with van der Waals surface area (Å²) in [5, 5.41) is 20.2. The van der Waals surface area contributed by atoms with Gasteiger partial charge in [-0.25, -0.2) is 0 Å². The highest BCUT2D eigenvalue weighted by Crippen LogP contribution is 2.16. The van der Waals surface area contributed by atoms with E-state index in [9.17, 15) is 19.7 Å². The molecule has 0 radical (unpaired) electrons. The van der Waals surface area contributed by atoms with Crippen LogP contribution in [0.5, 0.6) is 5.75 Å². The van der Waals surface area contributed by atoms with Crippen molar-refractivity contribution in [2.75, 3.05) is 17.7 Å². The summed E-state index contributed by atoms with van der Waals surface area (Å²) in [4.78, 5) is 34.6. The molecule has 0 atom stereocenters. The molecule has 0 aliphatic carbocycles. The van der Waals surface area contributed by atoms with Gasteiger partial charge in [-0.3, -0.25) is 24.4 Å². The largest absolute Gasteiger partial charge is 0.497 e. The molecule has 0 unspecified atom stereocenters. The van der Waals surface area contributed by atoms with Gasteiger partial charge in [0.1, 0.15) is 12.3 Å². The van der Waals surface area contributed by atoms with Gasteiger partial charge in [-0.1, -0.05) is 6.07 Å². The first-order chi connectivity index (χ1) is 13.9. The van der Waals surface area contributed by atoms with Crippen LogP contribution < -0.4 is 15.4 Å². The molecule has 29 heavy (non-hydrogen) atoms. The van der Waals surface area contributed by atoms with E-state index in [1.807, 2.05) is 0 Å². The zero-order valence-corrected chi connectivity index (χ0v) is 15.4. The minimum atomic E-state index is -0.573. The first-order valence-corrected chi connectivity index (χ1v) is 8.47. The lowest BCUT2D eigenvalue weighted by atomic mass is 10.2. The van der Waals surface area contributed by atoms with Crippen molar-refractivity contribution in [3.63, 3.8) is 0 Å². The molecule has 0 spiro atoms. The second-order valence-electron chi connectivity index (χ2n) is 5.96. The first-order valence-electron chi connectivity index (χ1n) is 8.47. The van der Waals surface area contributed by atoms with E-state index < -0.39 is 10.8 Å². The van der Waals surface area contributed by atoms with E-state index in [4.69, 9.17) is 4.74 Å². The summed E-state index contributed by atoms with van der Waals surface area (Å²) in [5.41, 5.74) is 0.939. The molecule has 0 aliphatic heterocycles. The number of methoxy groups -OCH3 is 1. The van der Waals surface area contributed by atoms with Gasteiger partial charge in [0.05, 0.1) is 23.9 Å². The van der Waals surface area contributed by atoms with E-state index in [0.717, 1.165) is 0 Å². The van der Waals surface area contributed by atoms with E-state index in [1.54, 1.807) is 31.4 Å². The highest BCUT2D eigenvalue weighted by atomic mass is 16.6. The maximum Gasteiger partial charge on any atom is 0.270 e. The quantitative estimate of drug-likeness (QED) is 0.467. The van der Waals surface area contributed by atoms with E-state index in [2.05, 4.69) is 15.7 Å². The van der Waals surface area contributed by atoms with Crippen molar-refractivity contribution < 1.29 is 19.2 Å². The Morgan fingerprint density at radius 1 is 1.14 bits per heavy atom. The van der Waals surface area contributed by atoms with Gasteiger partial charge < -0.3 is 15.4 Å². The smallest absolute Gasteiger partial charge is 0.270 e. The minimum absolute atomic E-state index is 0.0568. The molecule has 2 aromatic carbocycles. The number of nitrogens with zero attached hydrogens (tertiary/aromatic N) is 3. The third kappa shape index (κ3) is 5.16. The molecule has 2 N–H and O–H groups in total. The summed E-state index contributed by atoms with van der Waals surface area (Å²) in [6.45, 7) is -0.0568. The molecule has 0 aliphatic rings. The number of benzene rings is 2. The monoisotopic (exact) mass is 395 g/mol. The molecule has 1 heterocycles. The molecule has 3 rings (SSSR count). The fraction of sp³-hybridized carbons (Fsp3) is 0.105. The Morgan fingerprint density at radius 3 is 2.59 bits per heavy atom. The summed E-state index contributed by atoms with van der Waals surface area (Å²) < 4.78 is 6.42. The normalized spacial score (nSPS) is 10.2. The summed E-state index contributed by atoms with van der Waals surface area (Å²) in [7, 11) is 1.56. The molecule has 0 saturated carbocycles. The van der Waals surface area contributed by atoms with Crippen LogP contribution in [0.4, 0.5) is 17.1 Å². The van der Waals surface area contributed by atoms with E-state index >= 15 is 0 Å². The number of aromatic nitrogens is 2. The van der Waals surface area contributed by atoms with Gasteiger partial charge in [0.15, 0.2) is 0 Å². The van der Waals surface area contributed by atoms with Gasteiger partial charge in [-0.05, 0) is 30.3 Å². The summed E-state index contributed by atoms with van der Waals surface area (Å²) in [6.07, 6.45) is 2.87. The molecule has 1 aromatic heterocycles. The molecule has 10 heteroatoms. The lowest BCUT2D eigenvalue weighted by molar-refractivity contribution is -0.384. The molecule has 148 valence electrons. The number of carbonyl (C=O) groups excluding carboxylic acids is 2. The number of nitro groups is 1. The third-order valence-corrected chi connectivity index (χ3v) is 3.89. The van der Waals surface area contributed by atoms with Gasteiger partial charge >= 0.3 is 0 Å². The zero-order chi connectivity index (χ0) is 20.8. The molecule has 3 aromatic rings. The average Bonchev–Trinajstić information content (AvgIpc) is 3.15. The van der Waals surface area contributed by atoms with Crippen LogP contribution in [0.2, 0.25) is 0 Å². The van der Waals surface area contributed by atoms with Crippen molar-refractivity contribution in [3.05, 3.63) is 76.6 Å². The SMILES string of the molecule is COc1ccc(NC(=O)Cn2cc(NC(=O)c3cccc([N+](=O)[O-])c3)cn2)cc1. The number of hydrogen-bond donors (Lipinski definition) is 2. The number of non-ortho nitro benzene ring substituents is 1. The highest BCUT2D eigenvalue weighted by molar-refractivity contribution is 6.04. The first kappa shape index (κ1) is 19.5. The molecule has 0 saturated heterocycles. The molecule has 10 nitrogen and oxygen atoms in total. The molecular weight excluding hydrogens is 378 g/mol. The van der Waals surface area contributed by atoms with Crippen LogP contribution in [0, 0.1) is 10.1 Å². The van der Waals surface area contributed by atoms with Gasteiger partial charge in [-0.2, -0.15) is 5.10 Å². The minimum Gasteiger partial charge on any atom is -0.497 e. The van der Waals surface area contributed by atoms with Crippen LogP contribution in [0.25, 0.3) is 0 Å². The van der Waals surface area contributed by atoms with Crippen LogP contribution in [0.1, 0.15) is 10.4 Å². The topological polar surface area (TPSA) is 128 Å². The fourth-order valence-electron chi connectivity index (χ4n) is 2.50. The van der Waals surface area contributed by atoms with Gasteiger partial charge in [0, 0.05) is 29.6 Å². The van der Waals surface area contributed by atoms with Gasteiger partial charge in [0.2, 0.25) is 5.91 Å². The van der Waals surface area contributed by atoms with E-state index in [0.29, 0.717) is 17.1 Å². The number of hydrogen-bond acceptors (Lipinski definition) is 6. The Morgan fingerprint density at radius 2 is 1.90 bits per heavy atom. The van der Waals surface area contributed by atoms with Crippen LogP contribution in [-0.2, 0) is 11.3 Å². The van der Waals surface area contributed by atoms with Crippen molar-refractivity contribution in [2.45, 2.75) is 6.54 Å². The summed E-state index contributed by atoms with van der Waals surface area (Å²) in [5.74, 6) is -0.134.